The largest absolute Gasteiger partial charge is 0.457 e. The Morgan fingerprint density at radius 2 is 0.803 bits per heavy atom. The summed E-state index contributed by atoms with van der Waals surface area (Å²) in [7, 11) is -5.06. The Balaban J connectivity index is 2.24. The molecule has 424 valence electrons. The highest BCUT2D eigenvalue weighted by Crippen LogP contribution is 2.26. The van der Waals surface area contributed by atoms with Gasteiger partial charge in [0.2, 0.25) is 0 Å². The van der Waals surface area contributed by atoms with Crippen LogP contribution in [0.25, 0.3) is 0 Å². The topological polar surface area (TPSA) is 178 Å². The highest BCUT2D eigenvalue weighted by Gasteiger charge is 2.48. The summed E-state index contributed by atoms with van der Waals surface area (Å²) in [6.07, 6.45) is 48.6. The Morgan fingerprint density at radius 1 is 0.479 bits per heavy atom. The number of esters is 1. The van der Waals surface area contributed by atoms with Crippen molar-refractivity contribution in [2.75, 3.05) is 26.4 Å². The summed E-state index contributed by atoms with van der Waals surface area (Å²) in [5.74, 6) is -0.388. The van der Waals surface area contributed by atoms with Gasteiger partial charge in [0.1, 0.15) is 30.5 Å². The van der Waals surface area contributed by atoms with Crippen molar-refractivity contribution in [2.24, 2.45) is 0 Å². The van der Waals surface area contributed by atoms with Gasteiger partial charge in [-0.2, -0.15) is 8.42 Å². The lowest BCUT2D eigenvalue weighted by atomic mass is 9.99. The number of carbonyl (C=O) groups is 1. The molecule has 0 saturated carbocycles. The van der Waals surface area contributed by atoms with Crippen LogP contribution in [0.15, 0.2) is 0 Å². The van der Waals surface area contributed by atoms with E-state index in [4.69, 9.17) is 18.9 Å². The molecule has 4 N–H and O–H groups in total. The van der Waals surface area contributed by atoms with Gasteiger partial charge in [-0.05, 0) is 12.8 Å². The third-order valence-electron chi connectivity index (χ3n) is 14.5. The molecular weight excluding hydrogens is 921 g/mol. The standard InChI is InChI=1S/C58H114O12S/c1-3-5-7-9-11-13-15-17-19-21-23-24-25-26-27-28-30-32-34-36-38-40-42-44-46-48-66-50-52(51-67-58-56(62)57(70-71(63,64)65)55(61)53(49-59)69-58)68-54(60)47-45-43-41-39-37-35-33-31-29-22-20-18-16-14-12-10-8-6-4-2/h52-53,55-59,61-62H,3-51H2,1-2H3,(H,63,64,65). The molecule has 0 aliphatic carbocycles. The van der Waals surface area contributed by atoms with Crippen molar-refractivity contribution in [2.45, 2.75) is 340 Å². The van der Waals surface area contributed by atoms with Crippen molar-refractivity contribution < 1.29 is 56.2 Å². The zero-order valence-corrected chi connectivity index (χ0v) is 46.9. The van der Waals surface area contributed by atoms with Crippen molar-refractivity contribution in [1.82, 2.24) is 0 Å². The highest BCUT2D eigenvalue weighted by atomic mass is 32.3. The molecule has 0 aromatic heterocycles. The first-order chi connectivity index (χ1) is 34.6. The van der Waals surface area contributed by atoms with E-state index in [0.717, 1.165) is 38.5 Å². The first-order valence-electron chi connectivity index (χ1n) is 30.3. The van der Waals surface area contributed by atoms with E-state index in [1.54, 1.807) is 0 Å². The van der Waals surface area contributed by atoms with E-state index in [2.05, 4.69) is 18.0 Å². The van der Waals surface area contributed by atoms with Crippen molar-refractivity contribution in [3.05, 3.63) is 0 Å². The summed E-state index contributed by atoms with van der Waals surface area (Å²) in [4.78, 5) is 13.0. The Morgan fingerprint density at radius 3 is 1.13 bits per heavy atom. The van der Waals surface area contributed by atoms with Crippen LogP contribution in [0, 0.1) is 0 Å². The fraction of sp³-hybridized carbons (Fsp3) is 0.983. The first kappa shape index (κ1) is 68.1. The van der Waals surface area contributed by atoms with Gasteiger partial charge in [-0.25, -0.2) is 4.18 Å². The van der Waals surface area contributed by atoms with Crippen LogP contribution in [0.4, 0.5) is 0 Å². The Kier molecular flexibility index (Phi) is 47.9. The van der Waals surface area contributed by atoms with Gasteiger partial charge in [-0.15, -0.1) is 0 Å². The van der Waals surface area contributed by atoms with Crippen molar-refractivity contribution >= 4 is 16.4 Å². The number of rotatable bonds is 55. The predicted octanol–water partition coefficient (Wildman–Crippen LogP) is 15.2. The van der Waals surface area contributed by atoms with Crippen LogP contribution in [0.3, 0.4) is 0 Å². The zero-order valence-electron chi connectivity index (χ0n) is 46.1. The fourth-order valence-corrected chi connectivity index (χ4v) is 10.4. The molecule has 1 fully saturated rings. The van der Waals surface area contributed by atoms with Gasteiger partial charge < -0.3 is 34.3 Å². The molecule has 1 rings (SSSR count). The average Bonchev–Trinajstić information content (AvgIpc) is 3.35. The molecule has 71 heavy (non-hydrogen) atoms. The molecule has 1 saturated heterocycles. The second-order valence-electron chi connectivity index (χ2n) is 21.3. The molecule has 0 radical (unpaired) electrons. The van der Waals surface area contributed by atoms with Gasteiger partial charge in [0, 0.05) is 13.0 Å². The van der Waals surface area contributed by atoms with Gasteiger partial charge in [-0.3, -0.25) is 9.35 Å². The second-order valence-corrected chi connectivity index (χ2v) is 22.4. The molecule has 0 bridgehead atoms. The number of aliphatic hydroxyl groups is 3. The van der Waals surface area contributed by atoms with Crippen molar-refractivity contribution in [3.8, 4) is 0 Å². The van der Waals surface area contributed by atoms with E-state index in [1.807, 2.05) is 0 Å². The molecule has 0 spiro atoms. The van der Waals surface area contributed by atoms with Gasteiger partial charge in [0.05, 0.1) is 19.8 Å². The lowest BCUT2D eigenvalue weighted by Gasteiger charge is -2.41. The van der Waals surface area contributed by atoms with Gasteiger partial charge >= 0.3 is 16.4 Å². The Labute approximate surface area is 436 Å². The minimum Gasteiger partial charge on any atom is -0.457 e. The lowest BCUT2D eigenvalue weighted by Crippen LogP contribution is -2.60. The second kappa shape index (κ2) is 49.9. The van der Waals surface area contributed by atoms with Crippen LogP contribution in [0.1, 0.15) is 303 Å². The summed E-state index contributed by atoms with van der Waals surface area (Å²) >= 11 is 0. The molecule has 13 heteroatoms. The Hall–Kier alpha value is -0.900. The third kappa shape index (κ3) is 43.0. The van der Waals surface area contributed by atoms with E-state index in [0.29, 0.717) is 13.0 Å². The molecular formula is C58H114O12S. The number of ether oxygens (including phenoxy) is 4. The normalized spacial score (nSPS) is 18.9. The van der Waals surface area contributed by atoms with E-state index < -0.39 is 53.8 Å². The number of carbonyl (C=O) groups excluding carboxylic acids is 1. The monoisotopic (exact) mass is 1030 g/mol. The molecule has 1 aliphatic heterocycles. The highest BCUT2D eigenvalue weighted by molar-refractivity contribution is 7.80. The van der Waals surface area contributed by atoms with Gasteiger partial charge in [-0.1, -0.05) is 284 Å². The minimum atomic E-state index is -5.06. The fourth-order valence-electron chi connectivity index (χ4n) is 9.91. The van der Waals surface area contributed by atoms with Crippen LogP contribution in [-0.4, -0.2) is 97.5 Å². The van der Waals surface area contributed by atoms with Crippen molar-refractivity contribution in [1.29, 1.82) is 0 Å². The Bertz CT molecular complexity index is 1240. The molecule has 12 nitrogen and oxygen atoms in total. The lowest BCUT2D eigenvalue weighted by molar-refractivity contribution is -0.301. The molecule has 1 aliphatic rings. The van der Waals surface area contributed by atoms with Gasteiger partial charge in [0.25, 0.3) is 0 Å². The van der Waals surface area contributed by atoms with Crippen LogP contribution in [0.2, 0.25) is 0 Å². The van der Waals surface area contributed by atoms with Crippen LogP contribution >= 0.6 is 0 Å². The number of hydrogen-bond acceptors (Lipinski definition) is 11. The summed E-state index contributed by atoms with van der Waals surface area (Å²) in [6, 6.07) is 0. The predicted molar refractivity (Wildman–Crippen MR) is 290 cm³/mol. The quantitative estimate of drug-likeness (QED) is 0.0258. The number of unbranched alkanes of at least 4 members (excludes halogenated alkanes) is 42. The minimum absolute atomic E-state index is 0.0458. The van der Waals surface area contributed by atoms with Crippen molar-refractivity contribution in [3.63, 3.8) is 0 Å². The first-order valence-corrected chi connectivity index (χ1v) is 31.7. The maximum Gasteiger partial charge on any atom is 0.397 e. The summed E-state index contributed by atoms with van der Waals surface area (Å²) < 4.78 is 59.5. The molecule has 0 aromatic carbocycles. The summed E-state index contributed by atoms with van der Waals surface area (Å²) in [6.45, 7) is 4.09. The molecule has 6 unspecified atom stereocenters. The maximum atomic E-state index is 13.0. The summed E-state index contributed by atoms with van der Waals surface area (Å²) in [5, 5.41) is 30.9. The molecule has 1 heterocycles. The van der Waals surface area contributed by atoms with Crippen LogP contribution in [-0.2, 0) is 38.3 Å². The summed E-state index contributed by atoms with van der Waals surface area (Å²) in [5.41, 5.74) is 0. The van der Waals surface area contributed by atoms with E-state index in [9.17, 15) is 33.1 Å². The van der Waals surface area contributed by atoms with Gasteiger partial charge in [0.15, 0.2) is 6.29 Å². The maximum absolute atomic E-state index is 13.0. The van der Waals surface area contributed by atoms with E-state index in [1.165, 1.54) is 238 Å². The number of aliphatic hydroxyl groups excluding tert-OH is 3. The van der Waals surface area contributed by atoms with Crippen LogP contribution in [0.5, 0.6) is 0 Å². The zero-order chi connectivity index (χ0) is 51.7. The molecule has 0 amide bonds. The third-order valence-corrected chi connectivity index (χ3v) is 14.9. The van der Waals surface area contributed by atoms with Crippen LogP contribution < -0.4 is 0 Å². The van der Waals surface area contributed by atoms with E-state index in [-0.39, 0.29) is 25.6 Å². The SMILES string of the molecule is CCCCCCCCCCCCCCCCCCCCCCCCCCCOCC(COC1OC(CO)C(O)C(OS(=O)(=O)O)C1O)OC(=O)CCCCCCCCCCCCCCCCCCCCC. The molecule has 6 atom stereocenters. The number of hydrogen-bond donors (Lipinski definition) is 4. The smallest absolute Gasteiger partial charge is 0.397 e. The van der Waals surface area contributed by atoms with E-state index >= 15 is 0 Å². The molecule has 0 aromatic rings. The average molecular weight is 1040 g/mol.